The number of rotatable bonds is 7. The number of aliphatic imine (C=N–C) groups is 1. The Bertz CT molecular complexity index is 2630. The zero-order valence-electron chi connectivity index (χ0n) is 31.3. The van der Waals surface area contributed by atoms with Crippen LogP contribution in [-0.4, -0.2) is 15.4 Å². The van der Waals surface area contributed by atoms with Crippen LogP contribution in [0.3, 0.4) is 0 Å². The van der Waals surface area contributed by atoms with Gasteiger partial charge in [0.2, 0.25) is 0 Å². The summed E-state index contributed by atoms with van der Waals surface area (Å²) in [5.74, 6) is 1.92. The molecule has 268 valence electrons. The molecule has 0 saturated heterocycles. The van der Waals surface area contributed by atoms with E-state index in [4.69, 9.17) is 9.98 Å². The Morgan fingerprint density at radius 2 is 1.05 bits per heavy atom. The van der Waals surface area contributed by atoms with Gasteiger partial charge in [0.1, 0.15) is 24.0 Å². The highest BCUT2D eigenvalue weighted by Gasteiger charge is 2.28. The average molecular weight is 714 g/mol. The van der Waals surface area contributed by atoms with Gasteiger partial charge in [-0.05, 0) is 68.8 Å². The van der Waals surface area contributed by atoms with E-state index in [9.17, 15) is 0 Å². The zero-order valence-corrected chi connectivity index (χ0v) is 31.3. The van der Waals surface area contributed by atoms with Crippen molar-refractivity contribution in [3.05, 3.63) is 205 Å². The van der Waals surface area contributed by atoms with Gasteiger partial charge in [-0.3, -0.25) is 9.88 Å². The van der Waals surface area contributed by atoms with Crippen LogP contribution in [0.4, 0.5) is 0 Å². The van der Waals surface area contributed by atoms with E-state index in [0.717, 1.165) is 56.2 Å². The minimum atomic E-state index is -0.213. The lowest BCUT2D eigenvalue weighted by molar-refractivity contribution is 0.409. The van der Waals surface area contributed by atoms with Crippen LogP contribution in [0.2, 0.25) is 0 Å². The molecule has 1 aliphatic rings. The van der Waals surface area contributed by atoms with Crippen LogP contribution in [-0.2, 0) is 5.41 Å². The monoisotopic (exact) mass is 713 g/mol. The predicted octanol–water partition coefficient (Wildman–Crippen LogP) is 11.7. The number of nitrogens with zero attached hydrogens (tertiary/aromatic N) is 3. The lowest BCUT2D eigenvalue weighted by Gasteiger charge is -2.33. The minimum Gasteiger partial charge on any atom is -0.350 e. The van der Waals surface area contributed by atoms with Gasteiger partial charge in [-0.15, -0.1) is 0 Å². The fourth-order valence-electron chi connectivity index (χ4n) is 7.76. The Morgan fingerprint density at radius 3 is 1.75 bits per heavy atom. The van der Waals surface area contributed by atoms with Gasteiger partial charge in [-0.1, -0.05) is 178 Å². The van der Waals surface area contributed by atoms with Crippen LogP contribution >= 0.6 is 0 Å². The molecule has 5 nitrogen and oxygen atoms in total. The first-order valence-electron chi connectivity index (χ1n) is 19.0. The third kappa shape index (κ3) is 6.64. The van der Waals surface area contributed by atoms with Crippen molar-refractivity contribution in [2.75, 3.05) is 0 Å². The average Bonchev–Trinajstić information content (AvgIpc) is 3.65. The fourth-order valence-corrected chi connectivity index (χ4v) is 7.76. The number of benzene rings is 7. The maximum absolute atomic E-state index is 5.15. The van der Waals surface area contributed by atoms with Crippen LogP contribution in [0.25, 0.3) is 50.1 Å². The van der Waals surface area contributed by atoms with Crippen molar-refractivity contribution >= 4 is 16.9 Å². The normalized spacial score (nSPS) is 15.7. The fraction of sp³-hybridized carbons (Fsp3) is 0.120. The molecular formula is C50H43N5. The van der Waals surface area contributed by atoms with Crippen molar-refractivity contribution in [2.45, 2.75) is 38.5 Å². The van der Waals surface area contributed by atoms with Gasteiger partial charge in [0.05, 0.1) is 11.0 Å². The first kappa shape index (κ1) is 34.2. The molecule has 1 aliphatic heterocycles. The van der Waals surface area contributed by atoms with Crippen LogP contribution in [0.5, 0.6) is 0 Å². The number of para-hydroxylation sites is 2. The summed E-state index contributed by atoms with van der Waals surface area (Å²) in [6, 6.07) is 64.5. The first-order valence-corrected chi connectivity index (χ1v) is 19.0. The van der Waals surface area contributed by atoms with E-state index in [1.54, 1.807) is 0 Å². The molecule has 0 spiro atoms. The highest BCUT2D eigenvalue weighted by atomic mass is 15.3. The summed E-state index contributed by atoms with van der Waals surface area (Å²) in [4.78, 5) is 10.2. The van der Waals surface area contributed by atoms with E-state index < -0.39 is 0 Å². The number of hydrogen-bond acceptors (Lipinski definition) is 4. The molecule has 0 amide bonds. The van der Waals surface area contributed by atoms with E-state index in [1.165, 1.54) is 22.3 Å². The third-order valence-electron chi connectivity index (χ3n) is 10.4. The number of nitrogens with one attached hydrogen (secondary N) is 2. The first-order chi connectivity index (χ1) is 26.9. The minimum absolute atomic E-state index is 0.120. The summed E-state index contributed by atoms with van der Waals surface area (Å²) in [5, 5.41) is 7.59. The molecule has 8 aromatic rings. The Labute approximate surface area is 323 Å². The second-order valence-electron chi connectivity index (χ2n) is 15.1. The van der Waals surface area contributed by atoms with Crippen LogP contribution in [0, 0.1) is 0 Å². The molecule has 0 bridgehead atoms. The quantitative estimate of drug-likeness (QED) is 0.173. The molecule has 0 fully saturated rings. The second kappa shape index (κ2) is 14.3. The van der Waals surface area contributed by atoms with Gasteiger partial charge < -0.3 is 5.32 Å². The SMILES string of the molecule is CC(C)(C)c1nc2ccccc2n1-c1ccc(-c2ccccc2-c2ccccc2-c2ccccc2C2NC(c3ccccc3)=NC(c3ccccc3)N2)cc1. The van der Waals surface area contributed by atoms with E-state index in [0.29, 0.717) is 0 Å². The smallest absolute Gasteiger partial charge is 0.131 e. The maximum atomic E-state index is 5.15. The lowest BCUT2D eigenvalue weighted by atomic mass is 9.87. The Balaban J connectivity index is 1.11. The molecule has 9 rings (SSSR count). The summed E-state index contributed by atoms with van der Waals surface area (Å²) < 4.78 is 2.31. The molecular weight excluding hydrogens is 671 g/mol. The Morgan fingerprint density at radius 1 is 0.509 bits per heavy atom. The van der Waals surface area contributed by atoms with E-state index in [1.807, 2.05) is 12.1 Å². The van der Waals surface area contributed by atoms with Crippen molar-refractivity contribution in [2.24, 2.45) is 4.99 Å². The summed E-state index contributed by atoms with van der Waals surface area (Å²) in [6.45, 7) is 6.67. The topological polar surface area (TPSA) is 54.2 Å². The standard InChI is InChI=1S/C50H43N5/c1-50(2,3)49-51-44-28-16-17-29-45(44)55(49)37-32-30-34(31-33-37)38-22-10-11-23-39(38)40-24-12-13-25-41(40)42-26-14-15-27-43(42)48-53-46(35-18-6-4-7-19-35)52-47(54-48)36-20-8-5-9-21-36/h4-33,46,48,53H,1-3H3,(H,52,54). The van der Waals surface area contributed by atoms with Crippen molar-refractivity contribution < 1.29 is 0 Å². The Kier molecular flexibility index (Phi) is 8.93. The van der Waals surface area contributed by atoms with Gasteiger partial charge in [0.15, 0.2) is 0 Å². The molecule has 7 aromatic carbocycles. The maximum Gasteiger partial charge on any atom is 0.131 e. The number of aromatic nitrogens is 2. The van der Waals surface area contributed by atoms with Crippen LogP contribution in [0.1, 0.15) is 55.6 Å². The van der Waals surface area contributed by atoms with Crippen molar-refractivity contribution in [3.8, 4) is 39.1 Å². The number of fused-ring (bicyclic) bond motifs is 1. The van der Waals surface area contributed by atoms with E-state index in [2.05, 4.69) is 206 Å². The number of imidazole rings is 1. The van der Waals surface area contributed by atoms with Crippen LogP contribution in [0.15, 0.2) is 187 Å². The largest absolute Gasteiger partial charge is 0.350 e. The third-order valence-corrected chi connectivity index (χ3v) is 10.4. The molecule has 2 heterocycles. The Hall–Kier alpha value is -6.56. The zero-order chi connectivity index (χ0) is 37.4. The van der Waals surface area contributed by atoms with Crippen molar-refractivity contribution in [3.63, 3.8) is 0 Å². The number of amidine groups is 1. The molecule has 2 N–H and O–H groups in total. The molecule has 2 unspecified atom stereocenters. The highest BCUT2D eigenvalue weighted by Crippen LogP contribution is 2.41. The van der Waals surface area contributed by atoms with Gasteiger partial charge in [0.25, 0.3) is 0 Å². The molecule has 2 atom stereocenters. The predicted molar refractivity (Wildman–Crippen MR) is 227 cm³/mol. The molecule has 55 heavy (non-hydrogen) atoms. The highest BCUT2D eigenvalue weighted by molar-refractivity contribution is 6.00. The summed E-state index contributed by atoms with van der Waals surface area (Å²) in [6.07, 6.45) is -0.406. The number of hydrogen-bond donors (Lipinski definition) is 2. The van der Waals surface area contributed by atoms with E-state index >= 15 is 0 Å². The molecule has 0 saturated carbocycles. The lowest BCUT2D eigenvalue weighted by Crippen LogP contribution is -2.45. The second-order valence-corrected chi connectivity index (χ2v) is 15.1. The van der Waals surface area contributed by atoms with Crippen molar-refractivity contribution in [1.82, 2.24) is 20.2 Å². The van der Waals surface area contributed by atoms with Gasteiger partial charge in [-0.25, -0.2) is 9.98 Å². The van der Waals surface area contributed by atoms with Crippen LogP contribution < -0.4 is 10.6 Å². The van der Waals surface area contributed by atoms with Gasteiger partial charge in [-0.2, -0.15) is 0 Å². The molecule has 1 aromatic heterocycles. The van der Waals surface area contributed by atoms with Crippen molar-refractivity contribution in [1.29, 1.82) is 0 Å². The van der Waals surface area contributed by atoms with E-state index in [-0.39, 0.29) is 17.7 Å². The van der Waals surface area contributed by atoms with Gasteiger partial charge >= 0.3 is 0 Å². The van der Waals surface area contributed by atoms with Gasteiger partial charge in [0, 0.05) is 16.7 Å². The molecule has 5 heteroatoms. The summed E-state index contributed by atoms with van der Waals surface area (Å²) in [7, 11) is 0. The summed E-state index contributed by atoms with van der Waals surface area (Å²) in [5.41, 5.74) is 13.5. The molecule has 0 radical (unpaired) electrons. The molecule has 0 aliphatic carbocycles. The summed E-state index contributed by atoms with van der Waals surface area (Å²) >= 11 is 0.